The van der Waals surface area contributed by atoms with Gasteiger partial charge in [0.05, 0.1) is 23.5 Å². The van der Waals surface area contributed by atoms with Crippen molar-refractivity contribution in [3.8, 4) is 0 Å². The van der Waals surface area contributed by atoms with E-state index in [1.165, 1.54) is 87.7 Å². The van der Waals surface area contributed by atoms with E-state index in [4.69, 9.17) is 5.10 Å². The third-order valence-electron chi connectivity index (χ3n) is 12.8. The number of aromatic nitrogens is 4. The second-order valence-electron chi connectivity index (χ2n) is 18.0. The van der Waals surface area contributed by atoms with Gasteiger partial charge in [-0.25, -0.2) is 0 Å². The molecule has 5 atom stereocenters. The summed E-state index contributed by atoms with van der Waals surface area (Å²) < 4.78 is 4.28. The molecule has 5 heterocycles. The van der Waals surface area contributed by atoms with E-state index in [0.717, 1.165) is 13.1 Å². The molecule has 0 bridgehead atoms. The van der Waals surface area contributed by atoms with Gasteiger partial charge >= 0.3 is 0 Å². The molecule has 6 rings (SSSR count). The highest BCUT2D eigenvalue weighted by molar-refractivity contribution is 5.22. The quantitative estimate of drug-likeness (QED) is 0.216. The Balaban J connectivity index is 1.25. The van der Waals surface area contributed by atoms with Crippen molar-refractivity contribution in [1.29, 1.82) is 0 Å². The standard InChI is InChI=1S/C42H67N7/c1-40(2,3)48-29-15-19-33(38(48)32-17-11-10-12-18-32)22-25-41(4,5)49-30-16-20-34(39(49)37-24-27-44-46(37)9)31-42(6,7)47-28-14-13-21-36(47)35-23-26-43-45(35)8/h10-12,17-18,23-24,26-27,33-34,36,38-39H,13-16,19-22,25,28-31H2,1-9H3/t33-,34?,36+,38+,39-/m0/s1. The number of likely N-dealkylation sites (tertiary alicyclic amines) is 3. The Morgan fingerprint density at radius 1 is 0.612 bits per heavy atom. The minimum absolute atomic E-state index is 0.0748. The summed E-state index contributed by atoms with van der Waals surface area (Å²) in [5.41, 5.74) is 4.54. The van der Waals surface area contributed by atoms with Crippen molar-refractivity contribution in [2.24, 2.45) is 25.9 Å². The van der Waals surface area contributed by atoms with Gasteiger partial charge in [0.1, 0.15) is 0 Å². The summed E-state index contributed by atoms with van der Waals surface area (Å²) in [4.78, 5) is 8.57. The Bertz CT molecular complexity index is 1480. The van der Waals surface area contributed by atoms with Gasteiger partial charge in [-0.2, -0.15) is 10.2 Å². The van der Waals surface area contributed by atoms with Gasteiger partial charge in [-0.3, -0.25) is 24.1 Å². The molecule has 0 N–H and O–H groups in total. The number of piperidine rings is 3. The summed E-state index contributed by atoms with van der Waals surface area (Å²) in [5, 5.41) is 9.32. The molecule has 3 fully saturated rings. The molecule has 270 valence electrons. The Morgan fingerprint density at radius 3 is 1.86 bits per heavy atom. The first-order valence-electron chi connectivity index (χ1n) is 19.6. The first-order valence-corrected chi connectivity index (χ1v) is 19.6. The summed E-state index contributed by atoms with van der Waals surface area (Å²) in [6.07, 6.45) is 16.6. The largest absolute Gasteiger partial charge is 0.291 e. The van der Waals surface area contributed by atoms with Gasteiger partial charge < -0.3 is 0 Å². The fraction of sp³-hybridized carbons (Fsp3) is 0.714. The number of hydrogen-bond acceptors (Lipinski definition) is 5. The molecular weight excluding hydrogens is 603 g/mol. The van der Waals surface area contributed by atoms with E-state index in [9.17, 15) is 0 Å². The smallest absolute Gasteiger partial charge is 0.0555 e. The van der Waals surface area contributed by atoms with Crippen LogP contribution in [-0.2, 0) is 14.1 Å². The molecule has 0 aliphatic carbocycles. The van der Waals surface area contributed by atoms with E-state index in [1.807, 2.05) is 12.4 Å². The molecule has 7 heteroatoms. The lowest BCUT2D eigenvalue weighted by Crippen LogP contribution is -2.55. The van der Waals surface area contributed by atoms with E-state index in [0.29, 0.717) is 30.0 Å². The molecule has 1 unspecified atom stereocenters. The minimum atomic E-state index is 0.0748. The van der Waals surface area contributed by atoms with Gasteiger partial charge in [-0.15, -0.1) is 0 Å². The fourth-order valence-corrected chi connectivity index (χ4v) is 10.4. The lowest BCUT2D eigenvalue weighted by atomic mass is 9.74. The molecule has 1 aromatic carbocycles. The summed E-state index contributed by atoms with van der Waals surface area (Å²) in [6, 6.07) is 17.2. The maximum absolute atomic E-state index is 4.74. The van der Waals surface area contributed by atoms with Gasteiger partial charge in [0.2, 0.25) is 0 Å². The predicted molar refractivity (Wildman–Crippen MR) is 202 cm³/mol. The minimum Gasteiger partial charge on any atom is -0.291 e. The van der Waals surface area contributed by atoms with Crippen molar-refractivity contribution in [2.45, 2.75) is 147 Å². The van der Waals surface area contributed by atoms with E-state index in [1.54, 1.807) is 0 Å². The lowest BCUT2D eigenvalue weighted by Gasteiger charge is -2.54. The first kappa shape index (κ1) is 36.3. The molecular formula is C42H67N7. The summed E-state index contributed by atoms with van der Waals surface area (Å²) in [5.74, 6) is 1.23. The lowest BCUT2D eigenvalue weighted by molar-refractivity contribution is -0.0433. The van der Waals surface area contributed by atoms with Crippen LogP contribution in [0, 0.1) is 11.8 Å². The maximum atomic E-state index is 4.74. The molecule has 0 amide bonds. The monoisotopic (exact) mass is 670 g/mol. The summed E-state index contributed by atoms with van der Waals surface area (Å²) in [6.45, 7) is 20.9. The molecule has 3 aromatic rings. The first-order chi connectivity index (χ1) is 23.3. The molecule has 0 saturated carbocycles. The third-order valence-corrected chi connectivity index (χ3v) is 12.8. The highest BCUT2D eigenvalue weighted by Gasteiger charge is 2.46. The van der Waals surface area contributed by atoms with Crippen LogP contribution in [0.3, 0.4) is 0 Å². The van der Waals surface area contributed by atoms with Crippen LogP contribution in [0.2, 0.25) is 0 Å². The van der Waals surface area contributed by atoms with Crippen molar-refractivity contribution < 1.29 is 0 Å². The third kappa shape index (κ3) is 7.74. The molecule has 3 aliphatic rings. The Labute approximate surface area is 298 Å². The molecule has 49 heavy (non-hydrogen) atoms. The maximum Gasteiger partial charge on any atom is 0.0555 e. The average Bonchev–Trinajstić information content (AvgIpc) is 3.70. The van der Waals surface area contributed by atoms with Gasteiger partial charge in [0, 0.05) is 49.1 Å². The normalized spacial score (nSPS) is 27.1. The molecule has 0 radical (unpaired) electrons. The second-order valence-corrected chi connectivity index (χ2v) is 18.0. The van der Waals surface area contributed by atoms with Gasteiger partial charge in [0.15, 0.2) is 0 Å². The zero-order valence-corrected chi connectivity index (χ0v) is 32.4. The zero-order valence-electron chi connectivity index (χ0n) is 32.4. The summed E-state index contributed by atoms with van der Waals surface area (Å²) >= 11 is 0. The van der Waals surface area contributed by atoms with Crippen LogP contribution in [0.15, 0.2) is 54.9 Å². The summed E-state index contributed by atoms with van der Waals surface area (Å²) in [7, 11) is 4.28. The molecule has 0 spiro atoms. The van der Waals surface area contributed by atoms with Crippen molar-refractivity contribution in [3.63, 3.8) is 0 Å². The Hall–Kier alpha value is -2.48. The van der Waals surface area contributed by atoms with Crippen LogP contribution < -0.4 is 0 Å². The van der Waals surface area contributed by atoms with Crippen LogP contribution >= 0.6 is 0 Å². The van der Waals surface area contributed by atoms with E-state index in [-0.39, 0.29) is 16.6 Å². The van der Waals surface area contributed by atoms with Gasteiger partial charge in [0.25, 0.3) is 0 Å². The van der Waals surface area contributed by atoms with Crippen LogP contribution in [-0.4, -0.2) is 70.5 Å². The highest BCUT2D eigenvalue weighted by Crippen LogP contribution is 2.49. The number of benzene rings is 1. The Kier molecular flexibility index (Phi) is 10.8. The van der Waals surface area contributed by atoms with Gasteiger partial charge in [-0.1, -0.05) is 36.8 Å². The van der Waals surface area contributed by atoms with Crippen molar-refractivity contribution in [2.75, 3.05) is 19.6 Å². The van der Waals surface area contributed by atoms with Crippen LogP contribution in [0.5, 0.6) is 0 Å². The highest BCUT2D eigenvalue weighted by atomic mass is 15.3. The molecule has 3 saturated heterocycles. The molecule has 7 nitrogen and oxygen atoms in total. The number of aryl methyl sites for hydroxylation is 2. The van der Waals surface area contributed by atoms with Gasteiger partial charge in [-0.05, 0) is 155 Å². The topological polar surface area (TPSA) is 45.4 Å². The fourth-order valence-electron chi connectivity index (χ4n) is 10.4. The van der Waals surface area contributed by atoms with Crippen LogP contribution in [0.25, 0.3) is 0 Å². The van der Waals surface area contributed by atoms with E-state index >= 15 is 0 Å². The second kappa shape index (κ2) is 14.6. The molecule has 3 aliphatic heterocycles. The van der Waals surface area contributed by atoms with Crippen LogP contribution in [0.4, 0.5) is 0 Å². The SMILES string of the molecule is Cn1nccc1[C@H]1CCCCN1C(C)(C)CC1CCCN(C(C)(C)CC[C@@H]2CCCN(C(C)(C)C)[C@@H]2c2ccccc2)[C@@H]1c1ccnn1C. The average molecular weight is 670 g/mol. The number of hydrogen-bond donors (Lipinski definition) is 0. The van der Waals surface area contributed by atoms with E-state index < -0.39 is 0 Å². The number of nitrogens with zero attached hydrogens (tertiary/aromatic N) is 7. The molecule has 2 aromatic heterocycles. The zero-order chi connectivity index (χ0) is 35.0. The van der Waals surface area contributed by atoms with Crippen molar-refractivity contribution in [3.05, 3.63) is 71.8 Å². The van der Waals surface area contributed by atoms with Crippen LogP contribution in [0.1, 0.15) is 148 Å². The van der Waals surface area contributed by atoms with E-state index in [2.05, 4.69) is 134 Å². The van der Waals surface area contributed by atoms with Crippen molar-refractivity contribution >= 4 is 0 Å². The van der Waals surface area contributed by atoms with Crippen molar-refractivity contribution in [1.82, 2.24) is 34.3 Å². The predicted octanol–water partition coefficient (Wildman–Crippen LogP) is 9.11. The Morgan fingerprint density at radius 2 is 1.22 bits per heavy atom. The number of rotatable bonds is 10.